The largest absolute Gasteiger partial charge is 0.361 e. The summed E-state index contributed by atoms with van der Waals surface area (Å²) in [6.45, 7) is 6.85. The third kappa shape index (κ3) is 4.21. The number of nitrogens with one attached hydrogen (secondary N) is 2. The molecule has 2 N–H and O–H groups in total. The average Bonchev–Trinajstić information content (AvgIpc) is 3.09. The summed E-state index contributed by atoms with van der Waals surface area (Å²) in [6.07, 6.45) is 3.06. The molecule has 3 aromatic rings. The van der Waals surface area contributed by atoms with Gasteiger partial charge in [0.25, 0.3) is 0 Å². The topological polar surface area (TPSA) is 44.9 Å². The molecule has 27 heavy (non-hydrogen) atoms. The number of aromatic amines is 1. The number of aryl methyl sites for hydroxylation is 1. The molecule has 1 atom stereocenters. The zero-order valence-electron chi connectivity index (χ0n) is 16.2. The number of hydrogen-bond donors (Lipinski definition) is 2. The van der Waals surface area contributed by atoms with Gasteiger partial charge in [0.1, 0.15) is 5.82 Å². The van der Waals surface area contributed by atoms with Crippen LogP contribution < -0.4 is 5.32 Å². The van der Waals surface area contributed by atoms with Gasteiger partial charge in [-0.05, 0) is 35.1 Å². The molecule has 0 spiro atoms. The molecule has 1 aromatic heterocycles. The lowest BCUT2D eigenvalue weighted by atomic mass is 9.87. The van der Waals surface area contributed by atoms with Crippen molar-refractivity contribution < 1.29 is 9.18 Å². The van der Waals surface area contributed by atoms with Crippen LogP contribution in [0.4, 0.5) is 4.39 Å². The Balaban J connectivity index is 2.03. The van der Waals surface area contributed by atoms with Gasteiger partial charge in [0.15, 0.2) is 0 Å². The van der Waals surface area contributed by atoms with E-state index in [4.69, 9.17) is 0 Å². The van der Waals surface area contributed by atoms with E-state index in [1.807, 2.05) is 24.4 Å². The van der Waals surface area contributed by atoms with Crippen molar-refractivity contribution in [3.05, 3.63) is 71.2 Å². The molecule has 0 bridgehead atoms. The standard InChI is InChI=1S/C23H27FN2O/c1-4-16-8-7-10-18-20(14-26-23(16)18)19(12-22(27)25-13-15(2)3)17-9-5-6-11-21(17)24/h5-11,14-15,19,26H,4,12-13H2,1-3H3,(H,25,27)/t19-/m1/s1. The number of carbonyl (C=O) groups is 1. The van der Waals surface area contributed by atoms with Crippen LogP contribution in [0.1, 0.15) is 49.8 Å². The monoisotopic (exact) mass is 366 g/mol. The second-order valence-electron chi connectivity index (χ2n) is 7.41. The number of H-pyrrole nitrogens is 1. The molecule has 3 nitrogen and oxygen atoms in total. The molecule has 0 saturated carbocycles. The van der Waals surface area contributed by atoms with E-state index in [1.165, 1.54) is 11.6 Å². The van der Waals surface area contributed by atoms with Crippen molar-refractivity contribution in [1.29, 1.82) is 0 Å². The lowest BCUT2D eigenvalue weighted by Gasteiger charge is -2.18. The number of benzene rings is 2. The molecule has 1 heterocycles. The van der Waals surface area contributed by atoms with Gasteiger partial charge in [-0.3, -0.25) is 4.79 Å². The van der Waals surface area contributed by atoms with Crippen LogP contribution >= 0.6 is 0 Å². The van der Waals surface area contributed by atoms with Crippen molar-refractivity contribution in [2.75, 3.05) is 6.54 Å². The van der Waals surface area contributed by atoms with Crippen LogP contribution in [-0.4, -0.2) is 17.4 Å². The summed E-state index contributed by atoms with van der Waals surface area (Å²) in [4.78, 5) is 15.9. The third-order valence-corrected chi connectivity index (χ3v) is 4.97. The highest BCUT2D eigenvalue weighted by Crippen LogP contribution is 2.35. The minimum atomic E-state index is -0.334. The number of para-hydroxylation sites is 1. The first-order chi connectivity index (χ1) is 13.0. The van der Waals surface area contributed by atoms with Gasteiger partial charge in [0, 0.05) is 36.0 Å². The van der Waals surface area contributed by atoms with E-state index in [-0.39, 0.29) is 24.1 Å². The first-order valence-electron chi connectivity index (χ1n) is 9.61. The van der Waals surface area contributed by atoms with Crippen molar-refractivity contribution in [3.63, 3.8) is 0 Å². The molecule has 0 aliphatic carbocycles. The maximum atomic E-state index is 14.6. The van der Waals surface area contributed by atoms with E-state index in [0.717, 1.165) is 22.9 Å². The average molecular weight is 366 g/mol. The Morgan fingerprint density at radius 1 is 1.11 bits per heavy atom. The maximum Gasteiger partial charge on any atom is 0.220 e. The Morgan fingerprint density at radius 3 is 2.59 bits per heavy atom. The van der Waals surface area contributed by atoms with Gasteiger partial charge >= 0.3 is 0 Å². The van der Waals surface area contributed by atoms with Crippen LogP contribution in [0.2, 0.25) is 0 Å². The third-order valence-electron chi connectivity index (χ3n) is 4.97. The second-order valence-corrected chi connectivity index (χ2v) is 7.41. The lowest BCUT2D eigenvalue weighted by molar-refractivity contribution is -0.121. The number of halogens is 1. The highest BCUT2D eigenvalue weighted by molar-refractivity contribution is 5.88. The summed E-state index contributed by atoms with van der Waals surface area (Å²) in [7, 11) is 0. The Kier molecular flexibility index (Phi) is 5.94. The predicted octanol–water partition coefficient (Wildman–Crippen LogP) is 5.16. The zero-order valence-corrected chi connectivity index (χ0v) is 16.2. The minimum absolute atomic E-state index is 0.0575. The molecule has 0 fully saturated rings. The van der Waals surface area contributed by atoms with Gasteiger partial charge in [0.05, 0.1) is 0 Å². The molecule has 3 rings (SSSR count). The predicted molar refractivity (Wildman–Crippen MR) is 108 cm³/mol. The zero-order chi connectivity index (χ0) is 19.4. The number of carbonyl (C=O) groups excluding carboxylic acids is 1. The second kappa shape index (κ2) is 8.38. The number of rotatable bonds is 7. The molecule has 142 valence electrons. The van der Waals surface area contributed by atoms with Crippen LogP contribution in [0, 0.1) is 11.7 Å². The smallest absolute Gasteiger partial charge is 0.220 e. The molecule has 0 radical (unpaired) electrons. The van der Waals surface area contributed by atoms with Crippen LogP contribution in [-0.2, 0) is 11.2 Å². The van der Waals surface area contributed by atoms with E-state index < -0.39 is 0 Å². The van der Waals surface area contributed by atoms with E-state index in [9.17, 15) is 9.18 Å². The molecule has 4 heteroatoms. The van der Waals surface area contributed by atoms with E-state index in [1.54, 1.807) is 12.1 Å². The van der Waals surface area contributed by atoms with Crippen LogP contribution in [0.25, 0.3) is 10.9 Å². The van der Waals surface area contributed by atoms with Crippen molar-refractivity contribution >= 4 is 16.8 Å². The van der Waals surface area contributed by atoms with Crippen LogP contribution in [0.15, 0.2) is 48.7 Å². The number of hydrogen-bond acceptors (Lipinski definition) is 1. The minimum Gasteiger partial charge on any atom is -0.361 e. The first kappa shape index (κ1) is 19.2. The summed E-state index contributed by atoms with van der Waals surface area (Å²) in [6, 6.07) is 12.9. The lowest BCUT2D eigenvalue weighted by Crippen LogP contribution is -2.29. The fourth-order valence-electron chi connectivity index (χ4n) is 3.54. The molecule has 1 amide bonds. The van der Waals surface area contributed by atoms with E-state index in [0.29, 0.717) is 18.0 Å². The van der Waals surface area contributed by atoms with Crippen molar-refractivity contribution in [2.24, 2.45) is 5.92 Å². The van der Waals surface area contributed by atoms with Crippen LogP contribution in [0.3, 0.4) is 0 Å². The molecule has 0 unspecified atom stereocenters. The summed E-state index contributed by atoms with van der Waals surface area (Å²) in [5, 5.41) is 4.02. The molecule has 0 saturated heterocycles. The Bertz CT molecular complexity index is 929. The SMILES string of the molecule is CCc1cccc2c([C@H](CC(=O)NCC(C)C)c3ccccc3F)c[nH]c12. The highest BCUT2D eigenvalue weighted by atomic mass is 19.1. The summed E-state index contributed by atoms with van der Waals surface area (Å²) >= 11 is 0. The van der Waals surface area contributed by atoms with Gasteiger partial charge in [0.2, 0.25) is 5.91 Å². The van der Waals surface area contributed by atoms with Gasteiger partial charge < -0.3 is 10.3 Å². The quantitative estimate of drug-likeness (QED) is 0.596. The Hall–Kier alpha value is -2.62. The summed E-state index contributed by atoms with van der Waals surface area (Å²) in [5.74, 6) is -0.293. The highest BCUT2D eigenvalue weighted by Gasteiger charge is 2.24. The molecular weight excluding hydrogens is 339 g/mol. The Labute approximate surface area is 160 Å². The van der Waals surface area contributed by atoms with Gasteiger partial charge in [-0.25, -0.2) is 4.39 Å². The van der Waals surface area contributed by atoms with Crippen molar-refractivity contribution in [1.82, 2.24) is 10.3 Å². The van der Waals surface area contributed by atoms with E-state index >= 15 is 0 Å². The van der Waals surface area contributed by atoms with Gasteiger partial charge in [-0.15, -0.1) is 0 Å². The maximum absolute atomic E-state index is 14.6. The first-order valence-corrected chi connectivity index (χ1v) is 9.61. The summed E-state index contributed by atoms with van der Waals surface area (Å²) in [5.41, 5.74) is 3.80. The summed E-state index contributed by atoms with van der Waals surface area (Å²) < 4.78 is 14.6. The molecule has 2 aromatic carbocycles. The fourth-order valence-corrected chi connectivity index (χ4v) is 3.54. The van der Waals surface area contributed by atoms with Crippen LogP contribution in [0.5, 0.6) is 0 Å². The number of fused-ring (bicyclic) bond motifs is 1. The van der Waals surface area contributed by atoms with Crippen molar-refractivity contribution in [3.8, 4) is 0 Å². The number of amides is 1. The van der Waals surface area contributed by atoms with Crippen molar-refractivity contribution in [2.45, 2.75) is 39.5 Å². The molecular formula is C23H27FN2O. The van der Waals surface area contributed by atoms with Gasteiger partial charge in [-0.2, -0.15) is 0 Å². The normalized spacial score (nSPS) is 12.5. The molecule has 0 aliphatic rings. The number of aromatic nitrogens is 1. The van der Waals surface area contributed by atoms with E-state index in [2.05, 4.69) is 37.1 Å². The van der Waals surface area contributed by atoms with Gasteiger partial charge in [-0.1, -0.05) is 57.2 Å². The Morgan fingerprint density at radius 2 is 1.89 bits per heavy atom. The molecule has 0 aliphatic heterocycles. The fraction of sp³-hybridized carbons (Fsp3) is 0.348.